The molecule has 0 atom stereocenters. The van der Waals surface area contributed by atoms with Crippen LogP contribution in [0.5, 0.6) is 0 Å². The van der Waals surface area contributed by atoms with E-state index in [1.165, 1.54) is 18.3 Å². The van der Waals surface area contributed by atoms with Gasteiger partial charge in [-0.05, 0) is 23.8 Å². The Balaban J connectivity index is 1.97. The Bertz CT molecular complexity index is 867. The SMILES string of the molecule is O=C(O)c1cncc2ccn(Cc3ccc(C(F)(F)F)cc3)c12. The summed E-state index contributed by atoms with van der Waals surface area (Å²) in [6.07, 6.45) is 0.121. The van der Waals surface area contributed by atoms with Crippen molar-refractivity contribution in [3.63, 3.8) is 0 Å². The van der Waals surface area contributed by atoms with Gasteiger partial charge in [0.25, 0.3) is 0 Å². The third kappa shape index (κ3) is 2.90. The normalized spacial score (nSPS) is 11.8. The number of hydrogen-bond donors (Lipinski definition) is 1. The van der Waals surface area contributed by atoms with Gasteiger partial charge in [0.1, 0.15) is 5.56 Å². The van der Waals surface area contributed by atoms with E-state index in [4.69, 9.17) is 0 Å². The topological polar surface area (TPSA) is 55.1 Å². The lowest BCUT2D eigenvalue weighted by Crippen LogP contribution is -2.06. The van der Waals surface area contributed by atoms with Crippen molar-refractivity contribution in [2.45, 2.75) is 12.7 Å². The van der Waals surface area contributed by atoms with Crippen molar-refractivity contribution in [1.29, 1.82) is 0 Å². The maximum atomic E-state index is 12.6. The fraction of sp³-hybridized carbons (Fsp3) is 0.125. The molecule has 2 heterocycles. The minimum Gasteiger partial charge on any atom is -0.478 e. The van der Waals surface area contributed by atoms with E-state index >= 15 is 0 Å². The van der Waals surface area contributed by atoms with E-state index < -0.39 is 17.7 Å². The predicted octanol–water partition coefficient (Wildman–Crippen LogP) is 3.80. The lowest BCUT2D eigenvalue weighted by molar-refractivity contribution is -0.137. The molecule has 0 unspecified atom stereocenters. The number of rotatable bonds is 3. The van der Waals surface area contributed by atoms with Crippen molar-refractivity contribution < 1.29 is 23.1 Å². The maximum absolute atomic E-state index is 12.6. The van der Waals surface area contributed by atoms with E-state index in [1.54, 1.807) is 23.0 Å². The molecular formula is C16H11F3N2O2. The molecule has 4 nitrogen and oxygen atoms in total. The molecule has 0 bridgehead atoms. The van der Waals surface area contributed by atoms with Crippen LogP contribution >= 0.6 is 0 Å². The van der Waals surface area contributed by atoms with Crippen molar-refractivity contribution in [3.8, 4) is 0 Å². The first-order valence-corrected chi connectivity index (χ1v) is 6.68. The molecule has 7 heteroatoms. The van der Waals surface area contributed by atoms with Gasteiger partial charge in [-0.15, -0.1) is 0 Å². The molecule has 0 fully saturated rings. The van der Waals surface area contributed by atoms with Crippen molar-refractivity contribution in [2.75, 3.05) is 0 Å². The lowest BCUT2D eigenvalue weighted by Gasteiger charge is -2.10. The van der Waals surface area contributed by atoms with E-state index in [1.807, 2.05) is 0 Å². The van der Waals surface area contributed by atoms with Gasteiger partial charge in [0.15, 0.2) is 0 Å². The number of fused-ring (bicyclic) bond motifs is 1. The Hall–Kier alpha value is -2.83. The number of carboxylic acid groups (broad SMARTS) is 1. The molecule has 0 amide bonds. The number of alkyl halides is 3. The first kappa shape index (κ1) is 15.1. The molecule has 2 aromatic heterocycles. The molecule has 0 aliphatic heterocycles. The van der Waals surface area contributed by atoms with Crippen LogP contribution in [0.2, 0.25) is 0 Å². The molecule has 0 aliphatic rings. The summed E-state index contributed by atoms with van der Waals surface area (Å²) in [6.45, 7) is 0.270. The zero-order chi connectivity index (χ0) is 16.6. The van der Waals surface area contributed by atoms with Crippen LogP contribution in [-0.4, -0.2) is 20.6 Å². The largest absolute Gasteiger partial charge is 0.478 e. The average molecular weight is 320 g/mol. The van der Waals surface area contributed by atoms with Crippen molar-refractivity contribution in [3.05, 3.63) is 65.6 Å². The maximum Gasteiger partial charge on any atom is 0.416 e. The number of carbonyl (C=O) groups is 1. The fourth-order valence-electron chi connectivity index (χ4n) is 2.44. The van der Waals surface area contributed by atoms with Crippen LogP contribution in [0.4, 0.5) is 13.2 Å². The minimum absolute atomic E-state index is 0.0550. The van der Waals surface area contributed by atoms with Crippen LogP contribution in [0.1, 0.15) is 21.5 Å². The van der Waals surface area contributed by atoms with E-state index in [0.29, 0.717) is 16.5 Å². The highest BCUT2D eigenvalue weighted by molar-refractivity contribution is 6.01. The van der Waals surface area contributed by atoms with Crippen LogP contribution < -0.4 is 0 Å². The summed E-state index contributed by atoms with van der Waals surface area (Å²) in [4.78, 5) is 15.2. The smallest absolute Gasteiger partial charge is 0.416 e. The zero-order valence-electron chi connectivity index (χ0n) is 11.7. The molecule has 0 radical (unpaired) electrons. The standard InChI is InChI=1S/C16H11F3N2O2/c17-16(18,19)12-3-1-10(2-4-12)9-21-6-5-11-7-20-8-13(14(11)21)15(22)23/h1-8H,9H2,(H,22,23). The number of nitrogens with zero attached hydrogens (tertiary/aromatic N) is 2. The Kier molecular flexibility index (Phi) is 3.55. The van der Waals surface area contributed by atoms with E-state index in [2.05, 4.69) is 4.98 Å². The highest BCUT2D eigenvalue weighted by Crippen LogP contribution is 2.29. The van der Waals surface area contributed by atoms with Gasteiger partial charge in [-0.3, -0.25) is 4.98 Å². The average Bonchev–Trinajstić information content (AvgIpc) is 2.90. The van der Waals surface area contributed by atoms with Gasteiger partial charge in [-0.2, -0.15) is 13.2 Å². The summed E-state index contributed by atoms with van der Waals surface area (Å²) in [5.74, 6) is -1.10. The molecular weight excluding hydrogens is 309 g/mol. The number of aromatic nitrogens is 2. The van der Waals surface area contributed by atoms with Crippen molar-refractivity contribution in [1.82, 2.24) is 9.55 Å². The van der Waals surface area contributed by atoms with Crippen LogP contribution in [-0.2, 0) is 12.7 Å². The van der Waals surface area contributed by atoms with Crippen LogP contribution in [0.3, 0.4) is 0 Å². The quantitative estimate of drug-likeness (QED) is 0.798. The van der Waals surface area contributed by atoms with Gasteiger partial charge in [-0.25, -0.2) is 4.79 Å². The minimum atomic E-state index is -4.37. The predicted molar refractivity (Wildman–Crippen MR) is 77.2 cm³/mol. The first-order chi connectivity index (χ1) is 10.9. The molecule has 0 aliphatic carbocycles. The molecule has 0 spiro atoms. The molecule has 1 N–H and O–H groups in total. The summed E-state index contributed by atoms with van der Waals surface area (Å²) in [7, 11) is 0. The number of halogens is 3. The van der Waals surface area contributed by atoms with Crippen LogP contribution in [0, 0.1) is 0 Å². The van der Waals surface area contributed by atoms with Gasteiger partial charge in [0.2, 0.25) is 0 Å². The Labute approximate surface area is 128 Å². The first-order valence-electron chi connectivity index (χ1n) is 6.68. The number of carboxylic acids is 1. The van der Waals surface area contributed by atoms with E-state index in [-0.39, 0.29) is 12.1 Å². The molecule has 118 valence electrons. The molecule has 0 saturated heterocycles. The lowest BCUT2D eigenvalue weighted by atomic mass is 10.1. The number of aromatic carboxylic acids is 1. The van der Waals surface area contributed by atoms with Gasteiger partial charge >= 0.3 is 12.1 Å². The van der Waals surface area contributed by atoms with Gasteiger partial charge in [0, 0.05) is 30.5 Å². The fourth-order valence-corrected chi connectivity index (χ4v) is 2.44. The van der Waals surface area contributed by atoms with E-state index in [9.17, 15) is 23.1 Å². The molecule has 1 aromatic carbocycles. The highest BCUT2D eigenvalue weighted by atomic mass is 19.4. The third-order valence-corrected chi connectivity index (χ3v) is 3.53. The van der Waals surface area contributed by atoms with Gasteiger partial charge < -0.3 is 9.67 Å². The summed E-state index contributed by atoms with van der Waals surface area (Å²) in [5, 5.41) is 9.90. The second-order valence-corrected chi connectivity index (χ2v) is 5.07. The summed E-state index contributed by atoms with van der Waals surface area (Å²) < 4.78 is 39.4. The zero-order valence-corrected chi connectivity index (χ0v) is 11.7. The summed E-state index contributed by atoms with van der Waals surface area (Å²) in [6, 6.07) is 6.52. The Morgan fingerprint density at radius 2 is 1.83 bits per heavy atom. The number of pyridine rings is 1. The van der Waals surface area contributed by atoms with E-state index in [0.717, 1.165) is 12.1 Å². The molecule has 0 saturated carbocycles. The Morgan fingerprint density at radius 3 is 2.43 bits per heavy atom. The monoisotopic (exact) mass is 320 g/mol. The molecule has 3 aromatic rings. The third-order valence-electron chi connectivity index (χ3n) is 3.53. The van der Waals surface area contributed by atoms with Crippen LogP contribution in [0.15, 0.2) is 48.9 Å². The molecule has 3 rings (SSSR count). The van der Waals surface area contributed by atoms with Crippen molar-refractivity contribution >= 4 is 16.9 Å². The van der Waals surface area contributed by atoms with Crippen LogP contribution in [0.25, 0.3) is 10.9 Å². The highest BCUT2D eigenvalue weighted by Gasteiger charge is 2.29. The molecule has 23 heavy (non-hydrogen) atoms. The summed E-state index contributed by atoms with van der Waals surface area (Å²) >= 11 is 0. The Morgan fingerprint density at radius 1 is 1.13 bits per heavy atom. The number of benzene rings is 1. The second kappa shape index (κ2) is 5.42. The number of hydrogen-bond acceptors (Lipinski definition) is 2. The van der Waals surface area contributed by atoms with Crippen molar-refractivity contribution in [2.24, 2.45) is 0 Å². The van der Waals surface area contributed by atoms with Gasteiger partial charge in [-0.1, -0.05) is 12.1 Å². The second-order valence-electron chi connectivity index (χ2n) is 5.07. The summed E-state index contributed by atoms with van der Waals surface area (Å²) in [5.41, 5.74) is 0.476. The van der Waals surface area contributed by atoms with Gasteiger partial charge in [0.05, 0.1) is 11.1 Å².